The first kappa shape index (κ1) is 9.19. The molecule has 0 aliphatic rings. The number of benzene rings is 1. The standard InChI is InChI=1S/C8H8BrFN2/c9-6-3-1-2-5(4-6)7(10)8(11)12/h1-4,7H,(H3,11,12). The summed E-state index contributed by atoms with van der Waals surface area (Å²) in [5, 5.41) is 6.90. The van der Waals surface area contributed by atoms with Gasteiger partial charge in [-0.15, -0.1) is 0 Å². The minimum absolute atomic E-state index is 0.400. The molecule has 0 saturated heterocycles. The third kappa shape index (κ3) is 2.04. The average molecular weight is 231 g/mol. The number of rotatable bonds is 2. The number of halogens is 2. The number of alkyl halides is 1. The van der Waals surface area contributed by atoms with E-state index in [2.05, 4.69) is 15.9 Å². The lowest BCUT2D eigenvalue weighted by Gasteiger charge is -2.05. The summed E-state index contributed by atoms with van der Waals surface area (Å²) in [6.45, 7) is 0. The van der Waals surface area contributed by atoms with Crippen LogP contribution in [0.5, 0.6) is 0 Å². The van der Waals surface area contributed by atoms with Crippen molar-refractivity contribution in [2.45, 2.75) is 6.17 Å². The third-order valence-corrected chi connectivity index (χ3v) is 1.91. The van der Waals surface area contributed by atoms with E-state index in [9.17, 15) is 4.39 Å². The molecule has 0 bridgehead atoms. The van der Waals surface area contributed by atoms with Crippen LogP contribution in [0.4, 0.5) is 4.39 Å². The van der Waals surface area contributed by atoms with Crippen LogP contribution < -0.4 is 5.73 Å². The molecule has 0 fully saturated rings. The van der Waals surface area contributed by atoms with Crippen molar-refractivity contribution < 1.29 is 4.39 Å². The van der Waals surface area contributed by atoms with Gasteiger partial charge >= 0.3 is 0 Å². The molecule has 1 rings (SSSR count). The second-order valence-electron chi connectivity index (χ2n) is 2.37. The lowest BCUT2D eigenvalue weighted by molar-refractivity contribution is 0.435. The molecule has 0 radical (unpaired) electrons. The van der Waals surface area contributed by atoms with E-state index in [0.29, 0.717) is 5.56 Å². The lowest BCUT2D eigenvalue weighted by Crippen LogP contribution is -2.16. The van der Waals surface area contributed by atoms with Crippen molar-refractivity contribution in [3.8, 4) is 0 Å². The van der Waals surface area contributed by atoms with Crippen molar-refractivity contribution in [2.24, 2.45) is 5.73 Å². The van der Waals surface area contributed by atoms with Gasteiger partial charge in [-0.3, -0.25) is 5.41 Å². The fraction of sp³-hybridized carbons (Fsp3) is 0.125. The van der Waals surface area contributed by atoms with Gasteiger partial charge in [-0.25, -0.2) is 4.39 Å². The first-order chi connectivity index (χ1) is 5.61. The summed E-state index contributed by atoms with van der Waals surface area (Å²) in [6.07, 6.45) is -1.50. The monoisotopic (exact) mass is 230 g/mol. The average Bonchev–Trinajstić information content (AvgIpc) is 2.03. The van der Waals surface area contributed by atoms with Crippen LogP contribution in [0, 0.1) is 5.41 Å². The van der Waals surface area contributed by atoms with Crippen molar-refractivity contribution in [2.75, 3.05) is 0 Å². The Morgan fingerprint density at radius 3 is 2.75 bits per heavy atom. The quantitative estimate of drug-likeness (QED) is 0.595. The molecule has 0 saturated carbocycles. The summed E-state index contributed by atoms with van der Waals surface area (Å²) in [7, 11) is 0. The molecule has 0 heterocycles. The van der Waals surface area contributed by atoms with E-state index < -0.39 is 12.0 Å². The second-order valence-corrected chi connectivity index (χ2v) is 3.29. The van der Waals surface area contributed by atoms with E-state index in [0.717, 1.165) is 4.47 Å². The smallest absolute Gasteiger partial charge is 0.181 e. The van der Waals surface area contributed by atoms with Crippen LogP contribution in [0.1, 0.15) is 11.7 Å². The van der Waals surface area contributed by atoms with Crippen LogP contribution in [0.15, 0.2) is 28.7 Å². The molecular formula is C8H8BrFN2. The van der Waals surface area contributed by atoms with E-state index in [1.54, 1.807) is 24.3 Å². The van der Waals surface area contributed by atoms with Crippen LogP contribution in [0.2, 0.25) is 0 Å². The van der Waals surface area contributed by atoms with Gasteiger partial charge < -0.3 is 5.73 Å². The Kier molecular flexibility index (Phi) is 2.81. The Bertz CT molecular complexity index is 301. The number of hydrogen-bond acceptors (Lipinski definition) is 1. The van der Waals surface area contributed by atoms with E-state index in [4.69, 9.17) is 11.1 Å². The molecule has 3 N–H and O–H groups in total. The van der Waals surface area contributed by atoms with Gasteiger partial charge in [-0.05, 0) is 17.7 Å². The molecule has 1 aromatic rings. The summed E-state index contributed by atoms with van der Waals surface area (Å²) in [5.41, 5.74) is 5.41. The lowest BCUT2D eigenvalue weighted by atomic mass is 10.1. The van der Waals surface area contributed by atoms with E-state index in [-0.39, 0.29) is 0 Å². The second kappa shape index (κ2) is 3.67. The Balaban J connectivity index is 2.95. The highest BCUT2D eigenvalue weighted by atomic mass is 79.9. The van der Waals surface area contributed by atoms with Gasteiger partial charge in [-0.1, -0.05) is 28.1 Å². The molecular weight excluding hydrogens is 223 g/mol. The van der Waals surface area contributed by atoms with Gasteiger partial charge in [0.2, 0.25) is 0 Å². The molecule has 2 nitrogen and oxygen atoms in total. The molecule has 64 valence electrons. The molecule has 1 unspecified atom stereocenters. The molecule has 12 heavy (non-hydrogen) atoms. The highest BCUT2D eigenvalue weighted by Crippen LogP contribution is 2.20. The highest BCUT2D eigenvalue weighted by Gasteiger charge is 2.12. The van der Waals surface area contributed by atoms with Gasteiger partial charge in [0.1, 0.15) is 5.84 Å². The van der Waals surface area contributed by atoms with Crippen LogP contribution in [0.3, 0.4) is 0 Å². The summed E-state index contributed by atoms with van der Waals surface area (Å²) in [4.78, 5) is 0. The Morgan fingerprint density at radius 1 is 1.58 bits per heavy atom. The van der Waals surface area contributed by atoms with Gasteiger partial charge in [0.15, 0.2) is 6.17 Å². The largest absolute Gasteiger partial charge is 0.385 e. The molecule has 0 aromatic heterocycles. The van der Waals surface area contributed by atoms with Crippen molar-refractivity contribution in [1.82, 2.24) is 0 Å². The predicted molar refractivity (Wildman–Crippen MR) is 49.9 cm³/mol. The van der Waals surface area contributed by atoms with Crippen molar-refractivity contribution in [3.63, 3.8) is 0 Å². The summed E-state index contributed by atoms with van der Waals surface area (Å²) >= 11 is 3.20. The van der Waals surface area contributed by atoms with Gasteiger partial charge in [0.05, 0.1) is 0 Å². The minimum Gasteiger partial charge on any atom is -0.385 e. The third-order valence-electron chi connectivity index (χ3n) is 1.41. The number of amidine groups is 1. The molecule has 0 aliphatic carbocycles. The first-order valence-electron chi connectivity index (χ1n) is 3.34. The maximum absolute atomic E-state index is 13.1. The fourth-order valence-corrected chi connectivity index (χ4v) is 1.26. The molecule has 0 spiro atoms. The highest BCUT2D eigenvalue weighted by molar-refractivity contribution is 9.10. The Hall–Kier alpha value is -0.900. The van der Waals surface area contributed by atoms with Gasteiger partial charge in [0, 0.05) is 4.47 Å². The SMILES string of the molecule is N=C(N)C(F)c1cccc(Br)c1. The zero-order chi connectivity index (χ0) is 9.14. The van der Waals surface area contributed by atoms with E-state index >= 15 is 0 Å². The van der Waals surface area contributed by atoms with Gasteiger partial charge in [-0.2, -0.15) is 0 Å². The van der Waals surface area contributed by atoms with Gasteiger partial charge in [0.25, 0.3) is 0 Å². The molecule has 1 aromatic carbocycles. The van der Waals surface area contributed by atoms with Crippen LogP contribution >= 0.6 is 15.9 Å². The molecule has 0 amide bonds. The van der Waals surface area contributed by atoms with Crippen molar-refractivity contribution in [3.05, 3.63) is 34.3 Å². The summed E-state index contributed by atoms with van der Waals surface area (Å²) in [6, 6.07) is 6.69. The normalized spacial score (nSPS) is 12.5. The van der Waals surface area contributed by atoms with Crippen LogP contribution in [0.25, 0.3) is 0 Å². The fourth-order valence-electron chi connectivity index (χ4n) is 0.844. The maximum atomic E-state index is 13.1. The number of nitrogens with two attached hydrogens (primary N) is 1. The molecule has 0 aliphatic heterocycles. The van der Waals surface area contributed by atoms with Crippen molar-refractivity contribution in [1.29, 1.82) is 5.41 Å². The topological polar surface area (TPSA) is 49.9 Å². The zero-order valence-corrected chi connectivity index (χ0v) is 7.81. The number of hydrogen-bond donors (Lipinski definition) is 2. The predicted octanol–water partition coefficient (Wildman–Crippen LogP) is 2.40. The number of nitrogens with one attached hydrogen (secondary N) is 1. The van der Waals surface area contributed by atoms with E-state index in [1.807, 2.05) is 0 Å². The molecule has 1 atom stereocenters. The van der Waals surface area contributed by atoms with Crippen molar-refractivity contribution >= 4 is 21.8 Å². The maximum Gasteiger partial charge on any atom is 0.181 e. The minimum atomic E-state index is -1.50. The van der Waals surface area contributed by atoms with E-state index in [1.165, 1.54) is 0 Å². The zero-order valence-electron chi connectivity index (χ0n) is 6.22. The Morgan fingerprint density at radius 2 is 2.25 bits per heavy atom. The summed E-state index contributed by atoms with van der Waals surface area (Å²) < 4.78 is 13.8. The summed E-state index contributed by atoms with van der Waals surface area (Å²) in [5.74, 6) is -0.465. The van der Waals surface area contributed by atoms with Crippen LogP contribution in [-0.4, -0.2) is 5.84 Å². The molecule has 4 heteroatoms. The first-order valence-corrected chi connectivity index (χ1v) is 4.14. The van der Waals surface area contributed by atoms with Crippen LogP contribution in [-0.2, 0) is 0 Å². The Labute approximate surface area is 78.2 Å².